The van der Waals surface area contributed by atoms with Crippen LogP contribution >= 0.6 is 0 Å². The topological polar surface area (TPSA) is 161 Å². The Morgan fingerprint density at radius 3 is 2.20 bits per heavy atom. The van der Waals surface area contributed by atoms with Gasteiger partial charge in [0.1, 0.15) is 24.2 Å². The third kappa shape index (κ3) is 6.37. The second kappa shape index (κ2) is 11.0. The van der Waals surface area contributed by atoms with E-state index in [4.69, 9.17) is 0 Å². The Morgan fingerprint density at radius 1 is 0.829 bits per heavy atom. The molecule has 1 saturated heterocycles. The number of carbonyl (C=O) groups excluding carboxylic acids is 5. The summed E-state index contributed by atoms with van der Waals surface area (Å²) in [6, 6.07) is 3.72. The predicted octanol–water partition coefficient (Wildman–Crippen LogP) is -0.525. The number of amides is 5. The van der Waals surface area contributed by atoms with Crippen LogP contribution in [0.15, 0.2) is 30.5 Å². The van der Waals surface area contributed by atoms with E-state index in [0.29, 0.717) is 0 Å². The number of hydrogen-bond acceptors (Lipinski definition) is 5. The lowest BCUT2D eigenvalue weighted by Crippen LogP contribution is -2.57. The van der Waals surface area contributed by atoms with Gasteiger partial charge in [0.15, 0.2) is 0 Å². The largest absolute Gasteiger partial charge is 0.361 e. The Labute approximate surface area is 203 Å². The van der Waals surface area contributed by atoms with Crippen molar-refractivity contribution in [1.82, 2.24) is 31.6 Å². The molecule has 3 rings (SSSR count). The van der Waals surface area contributed by atoms with Gasteiger partial charge in [0.25, 0.3) is 0 Å². The number of rotatable bonds is 3. The molecular weight excluding hydrogens is 452 g/mol. The Kier molecular flexibility index (Phi) is 8.10. The van der Waals surface area contributed by atoms with E-state index < -0.39 is 53.7 Å². The number of aromatic nitrogens is 1. The SMILES string of the molecule is CC1NC(=O)C(Cc2c[nH]c3ccccc23)NC(=O)C(C)NC(=O)C(C(C)C)NC(=O)CNC1=O. The Bertz CT molecular complexity index is 1130. The molecule has 2 heterocycles. The molecule has 11 nitrogen and oxygen atoms in total. The predicted molar refractivity (Wildman–Crippen MR) is 129 cm³/mol. The number of para-hydroxylation sites is 1. The highest BCUT2D eigenvalue weighted by atomic mass is 16.2. The van der Waals surface area contributed by atoms with E-state index in [1.807, 2.05) is 24.3 Å². The average Bonchev–Trinajstić information content (AvgIpc) is 3.22. The van der Waals surface area contributed by atoms with Gasteiger partial charge >= 0.3 is 0 Å². The summed E-state index contributed by atoms with van der Waals surface area (Å²) in [6.45, 7) is 6.13. The maximum atomic E-state index is 13.1. The summed E-state index contributed by atoms with van der Waals surface area (Å²) in [6.07, 6.45) is 1.93. The van der Waals surface area contributed by atoms with Crippen molar-refractivity contribution in [3.05, 3.63) is 36.0 Å². The minimum absolute atomic E-state index is 0.158. The molecule has 5 amide bonds. The van der Waals surface area contributed by atoms with Crippen LogP contribution in [0.1, 0.15) is 33.3 Å². The molecule has 188 valence electrons. The molecule has 4 atom stereocenters. The summed E-state index contributed by atoms with van der Waals surface area (Å²) in [7, 11) is 0. The molecule has 0 aliphatic carbocycles. The van der Waals surface area contributed by atoms with E-state index in [0.717, 1.165) is 16.5 Å². The van der Waals surface area contributed by atoms with Crippen LogP contribution in [-0.2, 0) is 30.4 Å². The van der Waals surface area contributed by atoms with Crippen LogP contribution in [0.2, 0.25) is 0 Å². The average molecular weight is 485 g/mol. The van der Waals surface area contributed by atoms with Gasteiger partial charge in [-0.3, -0.25) is 24.0 Å². The van der Waals surface area contributed by atoms with E-state index in [-0.39, 0.29) is 18.9 Å². The van der Waals surface area contributed by atoms with Crippen molar-refractivity contribution in [3.63, 3.8) is 0 Å². The van der Waals surface area contributed by atoms with E-state index in [9.17, 15) is 24.0 Å². The van der Waals surface area contributed by atoms with Crippen molar-refractivity contribution in [2.75, 3.05) is 6.54 Å². The van der Waals surface area contributed by atoms with Crippen LogP contribution < -0.4 is 26.6 Å². The third-order valence-corrected chi connectivity index (χ3v) is 5.92. The summed E-state index contributed by atoms with van der Waals surface area (Å²) in [4.78, 5) is 66.8. The molecule has 0 saturated carbocycles. The fourth-order valence-electron chi connectivity index (χ4n) is 3.85. The first kappa shape index (κ1) is 25.7. The van der Waals surface area contributed by atoms with Crippen LogP contribution in [0.3, 0.4) is 0 Å². The molecule has 1 aliphatic heterocycles. The fourth-order valence-corrected chi connectivity index (χ4v) is 3.85. The lowest BCUT2D eigenvalue weighted by molar-refractivity contribution is -0.133. The molecule has 1 aromatic carbocycles. The summed E-state index contributed by atoms with van der Waals surface area (Å²) >= 11 is 0. The first-order chi connectivity index (χ1) is 16.6. The number of H-pyrrole nitrogens is 1. The van der Waals surface area contributed by atoms with Gasteiger partial charge in [0, 0.05) is 23.5 Å². The molecule has 1 aliphatic rings. The summed E-state index contributed by atoms with van der Waals surface area (Å²) < 4.78 is 0. The zero-order chi connectivity index (χ0) is 25.7. The molecule has 0 bridgehead atoms. The van der Waals surface area contributed by atoms with Crippen LogP contribution in [0, 0.1) is 5.92 Å². The zero-order valence-electron chi connectivity index (χ0n) is 20.2. The minimum Gasteiger partial charge on any atom is -0.361 e. The lowest BCUT2D eigenvalue weighted by Gasteiger charge is -2.25. The second-order valence-electron chi connectivity index (χ2n) is 9.09. The van der Waals surface area contributed by atoms with Gasteiger partial charge in [-0.2, -0.15) is 0 Å². The molecule has 35 heavy (non-hydrogen) atoms. The van der Waals surface area contributed by atoms with Crippen molar-refractivity contribution < 1.29 is 24.0 Å². The molecule has 1 fully saturated rings. The molecule has 4 unspecified atom stereocenters. The summed E-state index contributed by atoms with van der Waals surface area (Å²) in [5.41, 5.74) is 1.69. The Hall–Kier alpha value is -3.89. The molecule has 1 aromatic heterocycles. The number of benzene rings is 1. The van der Waals surface area contributed by atoms with Gasteiger partial charge in [-0.05, 0) is 31.4 Å². The van der Waals surface area contributed by atoms with Crippen LogP contribution in [0.4, 0.5) is 0 Å². The van der Waals surface area contributed by atoms with Crippen LogP contribution in [0.5, 0.6) is 0 Å². The molecule has 2 aromatic rings. The van der Waals surface area contributed by atoms with Gasteiger partial charge in [0.05, 0.1) is 6.54 Å². The standard InChI is InChI=1S/C24H32N6O5/c1-12(2)20-24(35)28-14(4)22(33)29-18(9-15-10-25-17-8-6-5-7-16(15)17)23(34)27-13(3)21(32)26-11-19(31)30-20/h5-8,10,12-14,18,20,25H,9,11H2,1-4H3,(H,26,32)(H,27,34)(H,28,35)(H,29,33)(H,30,31). The van der Waals surface area contributed by atoms with E-state index in [1.54, 1.807) is 20.0 Å². The van der Waals surface area contributed by atoms with Crippen LogP contribution in [-0.4, -0.2) is 65.2 Å². The van der Waals surface area contributed by atoms with Gasteiger partial charge < -0.3 is 31.6 Å². The smallest absolute Gasteiger partial charge is 0.243 e. The Balaban J connectivity index is 1.89. The number of aromatic amines is 1. The molecule has 0 spiro atoms. The van der Waals surface area contributed by atoms with Crippen molar-refractivity contribution >= 4 is 40.4 Å². The minimum atomic E-state index is -1.01. The molecule has 0 radical (unpaired) electrons. The highest BCUT2D eigenvalue weighted by Crippen LogP contribution is 2.19. The van der Waals surface area contributed by atoms with E-state index >= 15 is 0 Å². The third-order valence-electron chi connectivity index (χ3n) is 5.92. The lowest BCUT2D eigenvalue weighted by atomic mass is 10.0. The van der Waals surface area contributed by atoms with Crippen molar-refractivity contribution in [2.24, 2.45) is 5.92 Å². The number of carbonyl (C=O) groups is 5. The first-order valence-corrected chi connectivity index (χ1v) is 11.6. The van der Waals surface area contributed by atoms with Crippen molar-refractivity contribution in [2.45, 2.75) is 58.3 Å². The molecular formula is C24H32N6O5. The quantitative estimate of drug-likeness (QED) is 0.345. The van der Waals surface area contributed by atoms with Crippen molar-refractivity contribution in [1.29, 1.82) is 0 Å². The number of hydrogen-bond donors (Lipinski definition) is 6. The van der Waals surface area contributed by atoms with E-state index in [2.05, 4.69) is 31.6 Å². The van der Waals surface area contributed by atoms with E-state index in [1.165, 1.54) is 13.8 Å². The highest BCUT2D eigenvalue weighted by Gasteiger charge is 2.31. The normalized spacial score (nSPS) is 25.1. The number of nitrogens with one attached hydrogen (secondary N) is 6. The van der Waals surface area contributed by atoms with Crippen LogP contribution in [0.25, 0.3) is 10.9 Å². The highest BCUT2D eigenvalue weighted by molar-refractivity contribution is 5.97. The summed E-state index contributed by atoms with van der Waals surface area (Å²) in [5, 5.41) is 13.8. The van der Waals surface area contributed by atoms with Gasteiger partial charge in [-0.1, -0.05) is 32.0 Å². The van der Waals surface area contributed by atoms with Gasteiger partial charge in [0.2, 0.25) is 29.5 Å². The van der Waals surface area contributed by atoms with Gasteiger partial charge in [-0.15, -0.1) is 0 Å². The molecule has 6 N–H and O–H groups in total. The maximum Gasteiger partial charge on any atom is 0.243 e. The van der Waals surface area contributed by atoms with Gasteiger partial charge in [-0.25, -0.2) is 0 Å². The zero-order valence-corrected chi connectivity index (χ0v) is 20.2. The monoisotopic (exact) mass is 484 g/mol. The second-order valence-corrected chi connectivity index (χ2v) is 9.09. The summed E-state index contributed by atoms with van der Waals surface area (Å²) in [5.74, 6) is -3.07. The fraction of sp³-hybridized carbons (Fsp3) is 0.458. The van der Waals surface area contributed by atoms with Crippen molar-refractivity contribution in [3.8, 4) is 0 Å². The maximum absolute atomic E-state index is 13.1. The molecule has 11 heteroatoms. The first-order valence-electron chi connectivity index (χ1n) is 11.6. The Morgan fingerprint density at radius 2 is 1.49 bits per heavy atom. The number of fused-ring (bicyclic) bond motifs is 1.